The molecule has 6 aromatic rings. The molecule has 1 nitrogen and oxygen atoms in total. The number of rotatable bonds is 5. The number of carbonyl (C=O) groups excluding carboxylic acids is 1. The average Bonchev–Trinajstić information content (AvgIpc) is 3.30. The van der Waals surface area contributed by atoms with E-state index in [0.717, 1.165) is 16.5 Å². The van der Waals surface area contributed by atoms with Crippen LogP contribution in [0.2, 0.25) is 0 Å². The summed E-state index contributed by atoms with van der Waals surface area (Å²) in [4.78, 5) is 17.0. The van der Waals surface area contributed by atoms with Gasteiger partial charge in [0.25, 0.3) is 0 Å². The van der Waals surface area contributed by atoms with E-state index in [1.165, 1.54) is 29.5 Å². The quantitative estimate of drug-likeness (QED) is 0.0809. The van der Waals surface area contributed by atoms with Crippen LogP contribution < -0.4 is 4.70 Å². The van der Waals surface area contributed by atoms with Crippen molar-refractivity contribution in [2.24, 2.45) is 0 Å². The van der Waals surface area contributed by atoms with Crippen LogP contribution in [0.3, 0.4) is 0 Å². The Kier molecular flexibility index (Phi) is 9.22. The van der Waals surface area contributed by atoms with Crippen molar-refractivity contribution in [2.75, 3.05) is 0 Å². The van der Waals surface area contributed by atoms with E-state index in [1.807, 2.05) is 36.4 Å². The molecule has 0 radical (unpaired) electrons. The van der Waals surface area contributed by atoms with E-state index in [-0.39, 0.29) is 21.4 Å². The number of hydrogen-bond donors (Lipinski definition) is 0. The fourth-order valence-corrected chi connectivity index (χ4v) is 7.48. The fourth-order valence-electron chi connectivity index (χ4n) is 4.30. The Bertz CT molecular complexity index is 1730. The van der Waals surface area contributed by atoms with E-state index >= 15 is 0 Å². The Balaban J connectivity index is 0.000000503. The van der Waals surface area contributed by atoms with Crippen molar-refractivity contribution in [2.45, 2.75) is 14.7 Å². The third-order valence-electron chi connectivity index (χ3n) is 5.93. The number of hydrogen-bond acceptors (Lipinski definition) is 2. The second-order valence-electron chi connectivity index (χ2n) is 8.74. The number of benzene rings is 5. The summed E-state index contributed by atoms with van der Waals surface area (Å²) in [6, 6.07) is 43.8. The normalized spacial score (nSPS) is 12.2. The molecule has 1 heterocycles. The Labute approximate surface area is 244 Å². The predicted octanol–water partition coefficient (Wildman–Crippen LogP) is 7.11. The monoisotopic (exact) mass is 708 g/mol. The van der Waals surface area contributed by atoms with Gasteiger partial charge in [-0.25, -0.2) is 0 Å². The summed E-state index contributed by atoms with van der Waals surface area (Å²) in [6.45, 7) is 0. The topological polar surface area (TPSA) is 17.1 Å². The third kappa shape index (κ3) is 7.94. The number of ketones is 1. The van der Waals surface area contributed by atoms with Gasteiger partial charge in [0.05, 0.1) is 10.9 Å². The molecule has 6 rings (SSSR count). The first-order valence-corrected chi connectivity index (χ1v) is 18.9. The van der Waals surface area contributed by atoms with Crippen LogP contribution in [0.5, 0.6) is 0 Å². The van der Waals surface area contributed by atoms with E-state index in [9.17, 15) is 18.9 Å². The van der Waals surface area contributed by atoms with E-state index in [2.05, 4.69) is 91.0 Å². The second kappa shape index (κ2) is 12.3. The molecule has 0 unspecified atom stereocenters. The molecule has 0 aliphatic carbocycles. The van der Waals surface area contributed by atoms with Crippen LogP contribution in [-0.2, 0) is 10.9 Å². The number of carbonyl (C=O) groups is 1. The molecule has 0 atom stereocenters. The molecule has 0 aliphatic rings. The van der Waals surface area contributed by atoms with Crippen LogP contribution in [-0.4, -0.2) is 26.1 Å². The molecule has 10 heteroatoms. The molecule has 1 aromatic heterocycles. The minimum absolute atomic E-state index is 0. The van der Waals surface area contributed by atoms with Crippen molar-refractivity contribution in [3.05, 3.63) is 139 Å². The third-order valence-corrected chi connectivity index (χ3v) is 9.30. The molecule has 0 N–H and O–H groups in total. The van der Waals surface area contributed by atoms with Gasteiger partial charge in [-0.3, -0.25) is 4.79 Å². The van der Waals surface area contributed by atoms with Gasteiger partial charge in [0.2, 0.25) is 0 Å². The van der Waals surface area contributed by atoms with Gasteiger partial charge >= 0.3 is 34.4 Å². The van der Waals surface area contributed by atoms with E-state index in [4.69, 9.17) is 0 Å². The maximum atomic E-state index is 13.1. The van der Waals surface area contributed by atoms with Crippen molar-refractivity contribution in [3.8, 4) is 0 Å². The molecule has 0 spiro atoms. The fraction of sp³-hybridized carbons (Fsp3) is 0. The van der Waals surface area contributed by atoms with Crippen LogP contribution >= 0.6 is 11.3 Å². The van der Waals surface area contributed by atoms with Crippen LogP contribution in [0.15, 0.2) is 142 Å². The molecule has 0 aliphatic heterocycles. The summed E-state index contributed by atoms with van der Waals surface area (Å²) in [6.07, 6.45) is 0. The van der Waals surface area contributed by atoms with Gasteiger partial charge in [0.15, 0.2) is 20.5 Å². The molecule has 0 fully saturated rings. The number of thiophene rings is 1. The number of fused-ring (bicyclic) bond motifs is 3. The zero-order valence-electron chi connectivity index (χ0n) is 21.1. The van der Waals surface area contributed by atoms with E-state index in [0.29, 0.717) is 0 Å². The summed E-state index contributed by atoms with van der Waals surface area (Å²) in [5.41, 5.74) is 1.45. The molecule has 5 aromatic carbocycles. The molecular formula is C31H21F6OS2Sb. The van der Waals surface area contributed by atoms with Crippen molar-refractivity contribution in [3.63, 3.8) is 0 Å². The first kappa shape index (κ1) is 30.7. The van der Waals surface area contributed by atoms with Gasteiger partial charge in [0, 0.05) is 37.4 Å². The molecule has 0 saturated heterocycles. The van der Waals surface area contributed by atoms with Crippen molar-refractivity contribution in [1.29, 1.82) is 0 Å². The van der Waals surface area contributed by atoms with Gasteiger partial charge in [0.1, 0.15) is 0 Å². The molecule has 41 heavy (non-hydrogen) atoms. The van der Waals surface area contributed by atoms with Crippen LogP contribution in [0.4, 0.5) is 14.1 Å². The average molecular weight is 709 g/mol. The van der Waals surface area contributed by atoms with Crippen LogP contribution in [0.25, 0.3) is 20.2 Å². The molecule has 0 amide bonds. The molecule has 0 saturated carbocycles. The van der Waals surface area contributed by atoms with Crippen LogP contribution in [0, 0.1) is 0 Å². The first-order chi connectivity index (χ1) is 19.0. The Morgan fingerprint density at radius 3 is 1.49 bits per heavy atom. The Morgan fingerprint density at radius 1 is 0.537 bits per heavy atom. The van der Waals surface area contributed by atoms with Crippen molar-refractivity contribution < 1.29 is 23.6 Å². The first-order valence-electron chi connectivity index (χ1n) is 12.0. The van der Waals surface area contributed by atoms with E-state index in [1.54, 1.807) is 11.3 Å². The summed E-state index contributed by atoms with van der Waals surface area (Å²) in [5.74, 6) is 0.0614. The summed E-state index contributed by atoms with van der Waals surface area (Å²) >= 11 is -7.41. The predicted molar refractivity (Wildman–Crippen MR) is 156 cm³/mol. The van der Waals surface area contributed by atoms with Gasteiger partial charge in [-0.05, 0) is 54.6 Å². The standard InChI is InChI=1S/C31H21OS2.6FH.Sb/c32-31(22-10-4-1-5-11-22)23-16-18-29-27(20-23)28-21-26(17-19-30(28)33-29)34(24-12-6-2-7-13-24)25-14-8-3-9-15-25;;;;;;;/h1-21H;6*1H;/q+1;;;;;;;+5/p-6. The Hall–Kier alpha value is -3.26. The molecule has 0 bridgehead atoms. The SMILES string of the molecule is O=C(c1ccccc1)c1ccc2sc3ccc([S+](c4ccccc4)c4ccccc4)cc3c2c1.[F-].[F][Sb]([F])([F])([F])[F]. The van der Waals surface area contributed by atoms with Gasteiger partial charge in [-0.1, -0.05) is 66.7 Å². The summed E-state index contributed by atoms with van der Waals surface area (Å²) in [5, 5.41) is 2.36. The van der Waals surface area contributed by atoms with E-state index < -0.39 is 20.3 Å². The Morgan fingerprint density at radius 2 is 0.976 bits per heavy atom. The summed E-state index contributed by atoms with van der Waals surface area (Å²) in [7, 11) is -0.204. The van der Waals surface area contributed by atoms with Crippen LogP contribution in [0.1, 0.15) is 15.9 Å². The van der Waals surface area contributed by atoms with Gasteiger partial charge in [-0.2, -0.15) is 0 Å². The second-order valence-corrected chi connectivity index (χ2v) is 15.5. The minimum atomic E-state index is -9.19. The zero-order chi connectivity index (χ0) is 28.4. The van der Waals surface area contributed by atoms with Gasteiger partial charge in [-0.15, -0.1) is 11.3 Å². The summed E-state index contributed by atoms with van der Waals surface area (Å²) < 4.78 is 52.0. The number of halogens is 6. The van der Waals surface area contributed by atoms with Crippen molar-refractivity contribution >= 4 is 68.5 Å². The molecular weight excluding hydrogens is 688 g/mol. The van der Waals surface area contributed by atoms with Crippen molar-refractivity contribution in [1.82, 2.24) is 0 Å². The molecule has 210 valence electrons. The maximum absolute atomic E-state index is 13.1. The zero-order valence-corrected chi connectivity index (χ0v) is 25.2. The van der Waals surface area contributed by atoms with Gasteiger partial charge < -0.3 is 4.70 Å².